The predicted octanol–water partition coefficient (Wildman–Crippen LogP) is 1.90. The van der Waals surface area contributed by atoms with Crippen molar-refractivity contribution in [1.29, 1.82) is 0 Å². The Morgan fingerprint density at radius 1 is 1.17 bits per heavy atom. The Morgan fingerprint density at radius 3 is 2.74 bits per heavy atom. The number of aromatic nitrogens is 3. The third-order valence-electron chi connectivity index (χ3n) is 5.84. The first-order valence-electron chi connectivity index (χ1n) is 9.24. The monoisotopic (exact) mass is 317 g/mol. The summed E-state index contributed by atoms with van der Waals surface area (Å²) in [6.45, 7) is 2.02. The Bertz CT molecular complexity index is 545. The molecule has 0 bridgehead atoms. The minimum atomic E-state index is -0.0477. The number of nitrogens with one attached hydrogen (secondary N) is 2. The van der Waals surface area contributed by atoms with Gasteiger partial charge in [0, 0.05) is 6.04 Å². The van der Waals surface area contributed by atoms with Crippen LogP contribution in [0.3, 0.4) is 0 Å². The number of nitrogens with zero attached hydrogens (tertiary/aromatic N) is 3. The van der Waals surface area contributed by atoms with E-state index in [2.05, 4.69) is 20.9 Å². The molecule has 2 aliphatic carbocycles. The first kappa shape index (κ1) is 15.1. The predicted molar refractivity (Wildman–Crippen MR) is 87.1 cm³/mol. The highest BCUT2D eigenvalue weighted by Crippen LogP contribution is 2.44. The Labute approximate surface area is 137 Å². The molecule has 1 amide bonds. The molecule has 2 N–H and O–H groups in total. The highest BCUT2D eigenvalue weighted by atomic mass is 16.2. The molecule has 0 spiro atoms. The Morgan fingerprint density at radius 2 is 1.96 bits per heavy atom. The topological polar surface area (TPSA) is 71.8 Å². The molecule has 0 radical (unpaired) electrons. The van der Waals surface area contributed by atoms with E-state index in [1.54, 1.807) is 0 Å². The van der Waals surface area contributed by atoms with Crippen LogP contribution in [0.1, 0.15) is 67.9 Å². The standard InChI is InChI=1S/C17H27N5O/c23-17(19-15-10-14(15)12-4-2-1-3-5-12)16-11-22(21-20-16)13-6-8-18-9-7-13/h11-15,18H,1-10H2,(H,19,23). The van der Waals surface area contributed by atoms with Crippen molar-refractivity contribution in [3.63, 3.8) is 0 Å². The fourth-order valence-corrected chi connectivity index (χ4v) is 4.34. The van der Waals surface area contributed by atoms with E-state index in [9.17, 15) is 4.79 Å². The highest BCUT2D eigenvalue weighted by molar-refractivity contribution is 5.92. The second-order valence-electron chi connectivity index (χ2n) is 7.44. The van der Waals surface area contributed by atoms with E-state index in [0.29, 0.717) is 23.7 Å². The minimum absolute atomic E-state index is 0.0477. The molecular weight excluding hydrogens is 290 g/mol. The summed E-state index contributed by atoms with van der Waals surface area (Å²) >= 11 is 0. The van der Waals surface area contributed by atoms with Crippen LogP contribution in [-0.4, -0.2) is 40.0 Å². The average molecular weight is 317 g/mol. The van der Waals surface area contributed by atoms with Crippen LogP contribution in [0.5, 0.6) is 0 Å². The van der Waals surface area contributed by atoms with Crippen LogP contribution in [0.4, 0.5) is 0 Å². The molecule has 1 aliphatic heterocycles. The fourth-order valence-electron chi connectivity index (χ4n) is 4.34. The summed E-state index contributed by atoms with van der Waals surface area (Å²) < 4.78 is 1.88. The SMILES string of the molecule is O=C(NC1CC1C1CCCCC1)c1cn(C2CCNCC2)nn1. The second-order valence-corrected chi connectivity index (χ2v) is 7.44. The molecule has 6 nitrogen and oxygen atoms in total. The van der Waals surface area contributed by atoms with E-state index in [-0.39, 0.29) is 5.91 Å². The summed E-state index contributed by atoms with van der Waals surface area (Å²) in [6, 6.07) is 0.746. The van der Waals surface area contributed by atoms with Crippen molar-refractivity contribution in [3.8, 4) is 0 Å². The van der Waals surface area contributed by atoms with Crippen molar-refractivity contribution in [2.45, 2.75) is 63.5 Å². The van der Waals surface area contributed by atoms with Gasteiger partial charge < -0.3 is 10.6 Å². The molecule has 2 saturated carbocycles. The molecule has 1 saturated heterocycles. The van der Waals surface area contributed by atoms with Gasteiger partial charge in [-0.15, -0.1) is 5.10 Å². The zero-order valence-corrected chi connectivity index (χ0v) is 13.7. The lowest BCUT2D eigenvalue weighted by atomic mass is 9.85. The smallest absolute Gasteiger partial charge is 0.273 e. The summed E-state index contributed by atoms with van der Waals surface area (Å²) in [6.07, 6.45) is 11.9. The van der Waals surface area contributed by atoms with E-state index >= 15 is 0 Å². The molecule has 1 aromatic heterocycles. The molecule has 126 valence electrons. The summed E-state index contributed by atoms with van der Waals surface area (Å²) in [5.74, 6) is 1.49. The normalized spacial score (nSPS) is 29.4. The van der Waals surface area contributed by atoms with Crippen LogP contribution in [0.2, 0.25) is 0 Å². The van der Waals surface area contributed by atoms with Gasteiger partial charge >= 0.3 is 0 Å². The average Bonchev–Trinajstić information content (AvgIpc) is 3.19. The molecule has 2 heterocycles. The fraction of sp³-hybridized carbons (Fsp3) is 0.824. The number of carbonyl (C=O) groups is 1. The van der Waals surface area contributed by atoms with E-state index in [1.807, 2.05) is 10.9 Å². The number of hydrogen-bond donors (Lipinski definition) is 2. The third kappa shape index (κ3) is 3.42. The number of carbonyl (C=O) groups excluding carboxylic acids is 1. The Balaban J connectivity index is 1.30. The van der Waals surface area contributed by atoms with Crippen LogP contribution >= 0.6 is 0 Å². The lowest BCUT2D eigenvalue weighted by molar-refractivity contribution is 0.0941. The second kappa shape index (κ2) is 6.59. The molecule has 3 aliphatic rings. The zero-order valence-electron chi connectivity index (χ0n) is 13.7. The number of rotatable bonds is 4. The molecule has 1 aromatic rings. The molecule has 4 rings (SSSR count). The first-order valence-corrected chi connectivity index (χ1v) is 9.24. The van der Waals surface area contributed by atoms with Gasteiger partial charge in [0.2, 0.25) is 0 Å². The highest BCUT2D eigenvalue weighted by Gasteiger charge is 2.44. The van der Waals surface area contributed by atoms with Crippen molar-refractivity contribution in [1.82, 2.24) is 25.6 Å². The Hall–Kier alpha value is -1.43. The van der Waals surface area contributed by atoms with Gasteiger partial charge in [-0.25, -0.2) is 4.68 Å². The number of amides is 1. The molecule has 23 heavy (non-hydrogen) atoms. The van der Waals surface area contributed by atoms with Crippen molar-refractivity contribution < 1.29 is 4.79 Å². The van der Waals surface area contributed by atoms with Crippen molar-refractivity contribution in [2.75, 3.05) is 13.1 Å². The van der Waals surface area contributed by atoms with Crippen LogP contribution in [-0.2, 0) is 0 Å². The maximum atomic E-state index is 12.4. The van der Waals surface area contributed by atoms with Crippen molar-refractivity contribution in [3.05, 3.63) is 11.9 Å². The molecular formula is C17H27N5O. The van der Waals surface area contributed by atoms with Crippen LogP contribution in [0, 0.1) is 11.8 Å². The molecule has 2 unspecified atom stereocenters. The van der Waals surface area contributed by atoms with Gasteiger partial charge in [-0.3, -0.25) is 4.79 Å². The largest absolute Gasteiger partial charge is 0.348 e. The quantitative estimate of drug-likeness (QED) is 0.890. The van der Waals surface area contributed by atoms with E-state index < -0.39 is 0 Å². The van der Waals surface area contributed by atoms with Gasteiger partial charge in [0.25, 0.3) is 5.91 Å². The van der Waals surface area contributed by atoms with Gasteiger partial charge in [-0.1, -0.05) is 37.3 Å². The minimum Gasteiger partial charge on any atom is -0.348 e. The van der Waals surface area contributed by atoms with Gasteiger partial charge in [0.15, 0.2) is 5.69 Å². The van der Waals surface area contributed by atoms with Gasteiger partial charge in [-0.05, 0) is 44.2 Å². The van der Waals surface area contributed by atoms with Crippen molar-refractivity contribution >= 4 is 5.91 Å². The van der Waals surface area contributed by atoms with Crippen molar-refractivity contribution in [2.24, 2.45) is 11.8 Å². The van der Waals surface area contributed by atoms with Crippen LogP contribution in [0.25, 0.3) is 0 Å². The maximum Gasteiger partial charge on any atom is 0.273 e. The van der Waals surface area contributed by atoms with Crippen LogP contribution < -0.4 is 10.6 Å². The molecule has 2 atom stereocenters. The number of hydrogen-bond acceptors (Lipinski definition) is 4. The van der Waals surface area contributed by atoms with E-state index in [4.69, 9.17) is 0 Å². The first-order chi connectivity index (χ1) is 11.3. The third-order valence-corrected chi connectivity index (χ3v) is 5.84. The lowest BCUT2D eigenvalue weighted by Gasteiger charge is -2.22. The molecule has 6 heteroatoms. The summed E-state index contributed by atoms with van der Waals surface area (Å²) in [5, 5.41) is 14.8. The van der Waals surface area contributed by atoms with E-state index in [0.717, 1.165) is 38.3 Å². The van der Waals surface area contributed by atoms with Gasteiger partial charge in [0.05, 0.1) is 12.2 Å². The maximum absolute atomic E-state index is 12.4. The molecule has 3 fully saturated rings. The zero-order chi connectivity index (χ0) is 15.6. The summed E-state index contributed by atoms with van der Waals surface area (Å²) in [4.78, 5) is 12.4. The number of piperidine rings is 1. The van der Waals surface area contributed by atoms with Gasteiger partial charge in [0.1, 0.15) is 0 Å². The lowest BCUT2D eigenvalue weighted by Crippen LogP contribution is -2.30. The Kier molecular flexibility index (Phi) is 4.33. The van der Waals surface area contributed by atoms with Crippen LogP contribution in [0.15, 0.2) is 6.20 Å². The molecule has 0 aromatic carbocycles. The summed E-state index contributed by atoms with van der Waals surface area (Å²) in [7, 11) is 0. The summed E-state index contributed by atoms with van der Waals surface area (Å²) in [5.41, 5.74) is 0.470. The van der Waals surface area contributed by atoms with Gasteiger partial charge in [-0.2, -0.15) is 0 Å². The van der Waals surface area contributed by atoms with E-state index in [1.165, 1.54) is 32.1 Å².